The first-order valence-electron chi connectivity index (χ1n) is 24.2. The molecule has 0 aliphatic heterocycles. The van der Waals surface area contributed by atoms with Crippen molar-refractivity contribution in [3.05, 3.63) is 0 Å². The number of hydrogen-bond acceptors (Lipinski definition) is 0. The fraction of sp³-hybridized carbons (Fsp3) is 1.00. The SMILES string of the molecule is CCCC[Si](CCCC)(C1C(C)C[C@H]2C1CCC[C@H]2C1CCC(C(C)(C)C)CC1)C1C(C(C)C)C[C@H]2C1CCC[C@H]2C1CCC(C(C)(C)C)CC1. The van der Waals surface area contributed by atoms with Crippen molar-refractivity contribution < 1.29 is 0 Å². The van der Waals surface area contributed by atoms with E-state index in [1.165, 1.54) is 38.5 Å². The van der Waals surface area contributed by atoms with Crippen LogP contribution in [-0.4, -0.2) is 8.07 Å². The van der Waals surface area contributed by atoms with Crippen LogP contribution >= 0.6 is 0 Å². The number of unbranched alkanes of at least 4 members (excludes halogenated alkanes) is 2. The molecule has 6 unspecified atom stereocenters. The highest BCUT2D eigenvalue weighted by Crippen LogP contribution is 2.70. The van der Waals surface area contributed by atoms with E-state index in [1.54, 1.807) is 102 Å². The molecule has 0 saturated heterocycles. The summed E-state index contributed by atoms with van der Waals surface area (Å²) < 4.78 is 0. The summed E-state index contributed by atoms with van der Waals surface area (Å²) in [5, 5.41) is 0. The Morgan fingerprint density at radius 1 is 0.510 bits per heavy atom. The van der Waals surface area contributed by atoms with E-state index in [9.17, 15) is 0 Å². The molecule has 0 aromatic carbocycles. The molecule has 6 saturated carbocycles. The Balaban J connectivity index is 1.31. The average molecular weight is 721 g/mol. The van der Waals surface area contributed by atoms with Gasteiger partial charge in [-0.1, -0.05) is 140 Å². The Hall–Kier alpha value is 0.217. The zero-order chi connectivity index (χ0) is 36.7. The molecule has 296 valence electrons. The molecular weight excluding hydrogens is 629 g/mol. The number of rotatable bonds is 11. The van der Waals surface area contributed by atoms with E-state index < -0.39 is 8.07 Å². The van der Waals surface area contributed by atoms with Crippen LogP contribution in [0.4, 0.5) is 0 Å². The van der Waals surface area contributed by atoms with E-state index in [4.69, 9.17) is 0 Å². The second kappa shape index (κ2) is 16.8. The van der Waals surface area contributed by atoms with Gasteiger partial charge in [0.1, 0.15) is 0 Å². The molecule has 1 heteroatoms. The predicted molar refractivity (Wildman–Crippen MR) is 228 cm³/mol. The Morgan fingerprint density at radius 2 is 0.922 bits per heavy atom. The van der Waals surface area contributed by atoms with Crippen molar-refractivity contribution in [3.63, 3.8) is 0 Å². The van der Waals surface area contributed by atoms with Crippen molar-refractivity contribution in [2.75, 3.05) is 0 Å². The minimum Gasteiger partial charge on any atom is -0.0654 e. The monoisotopic (exact) mass is 721 g/mol. The first kappa shape index (κ1) is 40.9. The third kappa shape index (κ3) is 8.35. The Morgan fingerprint density at radius 3 is 1.33 bits per heavy atom. The van der Waals surface area contributed by atoms with Gasteiger partial charge in [-0.25, -0.2) is 0 Å². The molecule has 0 heterocycles. The van der Waals surface area contributed by atoms with Crippen molar-refractivity contribution in [2.45, 2.75) is 228 Å². The summed E-state index contributed by atoms with van der Waals surface area (Å²) in [5.41, 5.74) is 3.29. The zero-order valence-corrected chi connectivity index (χ0v) is 37.7. The van der Waals surface area contributed by atoms with Crippen LogP contribution in [0.5, 0.6) is 0 Å². The van der Waals surface area contributed by atoms with E-state index in [2.05, 4.69) is 76.2 Å². The van der Waals surface area contributed by atoms with Gasteiger partial charge >= 0.3 is 0 Å². The first-order chi connectivity index (χ1) is 24.2. The highest BCUT2D eigenvalue weighted by molar-refractivity contribution is 6.83. The van der Waals surface area contributed by atoms with Crippen molar-refractivity contribution >= 4 is 8.07 Å². The van der Waals surface area contributed by atoms with Gasteiger partial charge in [-0.05, 0) is 176 Å². The molecule has 0 spiro atoms. The van der Waals surface area contributed by atoms with E-state index in [-0.39, 0.29) is 0 Å². The highest BCUT2D eigenvalue weighted by Gasteiger charge is 2.64. The molecule has 0 amide bonds. The smallest absolute Gasteiger partial charge is 0.0609 e. The fourth-order valence-electron chi connectivity index (χ4n) is 16.6. The fourth-order valence-corrected chi connectivity index (χ4v) is 25.8. The third-order valence-electron chi connectivity index (χ3n) is 18.9. The van der Waals surface area contributed by atoms with Gasteiger partial charge in [0.25, 0.3) is 0 Å². The van der Waals surface area contributed by atoms with Gasteiger partial charge in [-0.3, -0.25) is 0 Å². The lowest BCUT2D eigenvalue weighted by atomic mass is 9.61. The lowest BCUT2D eigenvalue weighted by Crippen LogP contribution is -2.53. The van der Waals surface area contributed by atoms with Crippen LogP contribution in [0.3, 0.4) is 0 Å². The van der Waals surface area contributed by atoms with Gasteiger partial charge in [0.2, 0.25) is 0 Å². The summed E-state index contributed by atoms with van der Waals surface area (Å²) in [6, 6.07) is 3.42. The van der Waals surface area contributed by atoms with E-state index in [1.807, 2.05) is 0 Å². The van der Waals surface area contributed by atoms with Gasteiger partial charge in [0.15, 0.2) is 0 Å². The molecule has 0 aromatic rings. The zero-order valence-electron chi connectivity index (χ0n) is 36.7. The van der Waals surface area contributed by atoms with Crippen LogP contribution < -0.4 is 0 Å². The van der Waals surface area contributed by atoms with Gasteiger partial charge in [0.05, 0.1) is 8.07 Å². The van der Waals surface area contributed by atoms with Crippen LogP contribution in [0.1, 0.15) is 205 Å². The van der Waals surface area contributed by atoms with E-state index >= 15 is 0 Å². The molecule has 6 aliphatic carbocycles. The van der Waals surface area contributed by atoms with Gasteiger partial charge in [0, 0.05) is 0 Å². The van der Waals surface area contributed by atoms with Gasteiger partial charge in [-0.15, -0.1) is 0 Å². The van der Waals surface area contributed by atoms with Crippen molar-refractivity contribution in [1.29, 1.82) is 0 Å². The summed E-state index contributed by atoms with van der Waals surface area (Å²) >= 11 is 0. The molecule has 10 atom stereocenters. The predicted octanol–water partition coefficient (Wildman–Crippen LogP) is 16.3. The summed E-state index contributed by atoms with van der Waals surface area (Å²) in [6.07, 6.45) is 31.1. The van der Waals surface area contributed by atoms with Crippen LogP contribution in [0.25, 0.3) is 0 Å². The van der Waals surface area contributed by atoms with Crippen molar-refractivity contribution in [2.24, 2.45) is 87.8 Å². The van der Waals surface area contributed by atoms with Crippen LogP contribution in [0, 0.1) is 87.8 Å². The standard InChI is InChI=1S/C50H92Si/c1-12-14-30-51(31-15-13-2,47-35(5)32-45-40(18-16-20-42(45)47)36-22-26-38(27-23-36)49(6,7)8)48-43-21-17-19-41(46(43)33-44(48)34(3)4)37-24-28-39(29-25-37)50(9,10)11/h34-48H,12-33H2,1-11H3/t35?,36?,37?,38?,39?,40-,41-,42?,43?,44?,45+,46+,47?,48?/m0/s1. The number of fused-ring (bicyclic) bond motifs is 2. The maximum absolute atomic E-state index is 2.87. The largest absolute Gasteiger partial charge is 0.0654 e. The minimum absolute atomic E-state index is 0.505. The molecule has 0 bridgehead atoms. The quantitative estimate of drug-likeness (QED) is 0.186. The van der Waals surface area contributed by atoms with Gasteiger partial charge < -0.3 is 0 Å². The Bertz CT molecular complexity index is 1050. The third-order valence-corrected chi connectivity index (χ3v) is 26.0. The number of hydrogen-bond donors (Lipinski definition) is 0. The molecule has 6 rings (SSSR count). The molecule has 0 N–H and O–H groups in total. The van der Waals surface area contributed by atoms with Crippen molar-refractivity contribution in [1.82, 2.24) is 0 Å². The molecule has 51 heavy (non-hydrogen) atoms. The molecule has 6 fully saturated rings. The van der Waals surface area contributed by atoms with Crippen LogP contribution in [0.15, 0.2) is 0 Å². The maximum Gasteiger partial charge on any atom is 0.0609 e. The molecular formula is C50H92Si. The van der Waals surface area contributed by atoms with Crippen LogP contribution in [0.2, 0.25) is 23.2 Å². The second-order valence-electron chi connectivity index (χ2n) is 23.6. The maximum atomic E-state index is 2.87. The average Bonchev–Trinajstić information content (AvgIpc) is 3.67. The van der Waals surface area contributed by atoms with Crippen molar-refractivity contribution in [3.8, 4) is 0 Å². The normalized spacial score (nSPS) is 42.6. The highest BCUT2D eigenvalue weighted by atomic mass is 28.3. The van der Waals surface area contributed by atoms with Crippen LogP contribution in [-0.2, 0) is 0 Å². The summed E-state index contributed by atoms with van der Waals surface area (Å²) in [4.78, 5) is 0. The molecule has 0 radical (unpaired) electrons. The Labute approximate surface area is 322 Å². The summed E-state index contributed by atoms with van der Waals surface area (Å²) in [5.74, 6) is 13.4. The first-order valence-corrected chi connectivity index (χ1v) is 26.8. The van der Waals surface area contributed by atoms with E-state index in [0.717, 1.165) is 88.0 Å². The lowest BCUT2D eigenvalue weighted by molar-refractivity contribution is 0.0618. The summed E-state index contributed by atoms with van der Waals surface area (Å²) in [7, 11) is -1.61. The topological polar surface area (TPSA) is 0 Å². The molecule has 0 nitrogen and oxygen atoms in total. The molecule has 0 aromatic heterocycles. The second-order valence-corrected chi connectivity index (χ2v) is 28.4. The lowest BCUT2D eigenvalue weighted by Gasteiger charge is -2.54. The minimum atomic E-state index is -1.61. The summed E-state index contributed by atoms with van der Waals surface area (Å²) in [6.45, 7) is 28.5. The van der Waals surface area contributed by atoms with E-state index in [0.29, 0.717) is 10.8 Å². The Kier molecular flexibility index (Phi) is 13.4. The molecule has 6 aliphatic rings. The van der Waals surface area contributed by atoms with Gasteiger partial charge in [-0.2, -0.15) is 0 Å².